The fourth-order valence-corrected chi connectivity index (χ4v) is 2.65. The van der Waals surface area contributed by atoms with Gasteiger partial charge in [-0.2, -0.15) is 0 Å². The Morgan fingerprint density at radius 2 is 1.79 bits per heavy atom. The molecular weight excluding hydrogens is 236 g/mol. The molecule has 0 atom stereocenters. The molecule has 2 N–H and O–H groups in total. The predicted molar refractivity (Wildman–Crippen MR) is 79.0 cm³/mol. The first-order chi connectivity index (χ1) is 9.31. The smallest absolute Gasteiger partial charge is 0.0681 e. The molecule has 0 unspecified atom stereocenters. The molecular formula is C16H26N2O. The number of nitrogens with one attached hydrogen (secondary N) is 1. The number of aliphatic hydroxyl groups excluding tert-OH is 1. The first-order valence-electron chi connectivity index (χ1n) is 7.46. The van der Waals surface area contributed by atoms with Crippen molar-refractivity contribution in [2.75, 3.05) is 19.6 Å². The zero-order chi connectivity index (χ0) is 13.5. The molecule has 1 saturated heterocycles. The van der Waals surface area contributed by atoms with E-state index in [1.807, 2.05) is 12.1 Å². The van der Waals surface area contributed by atoms with Crippen molar-refractivity contribution in [1.29, 1.82) is 0 Å². The van der Waals surface area contributed by atoms with Gasteiger partial charge in [0.25, 0.3) is 0 Å². The van der Waals surface area contributed by atoms with E-state index >= 15 is 0 Å². The molecule has 0 saturated carbocycles. The van der Waals surface area contributed by atoms with E-state index < -0.39 is 0 Å². The lowest BCUT2D eigenvalue weighted by molar-refractivity contribution is 0.191. The maximum absolute atomic E-state index is 9.03. The van der Waals surface area contributed by atoms with E-state index in [2.05, 4.69) is 29.3 Å². The van der Waals surface area contributed by atoms with Crippen LogP contribution in [0.2, 0.25) is 0 Å². The first kappa shape index (κ1) is 14.5. The number of benzene rings is 1. The molecule has 1 fully saturated rings. The molecule has 106 valence electrons. The molecule has 1 aromatic carbocycles. The van der Waals surface area contributed by atoms with Crippen LogP contribution in [0.5, 0.6) is 0 Å². The third-order valence-electron chi connectivity index (χ3n) is 3.88. The molecule has 0 aromatic heterocycles. The van der Waals surface area contributed by atoms with Gasteiger partial charge in [0.1, 0.15) is 0 Å². The SMILES string of the molecule is CCCNC1CCN(Cc2ccc(CO)cc2)CC1. The quantitative estimate of drug-likeness (QED) is 0.824. The lowest BCUT2D eigenvalue weighted by Crippen LogP contribution is -2.42. The second kappa shape index (κ2) is 7.63. The second-order valence-electron chi connectivity index (χ2n) is 5.48. The Morgan fingerprint density at radius 3 is 2.37 bits per heavy atom. The van der Waals surface area contributed by atoms with Gasteiger partial charge in [-0.15, -0.1) is 0 Å². The van der Waals surface area contributed by atoms with Gasteiger partial charge in [-0.05, 0) is 50.0 Å². The Bertz CT molecular complexity index is 356. The van der Waals surface area contributed by atoms with Crippen LogP contribution >= 0.6 is 0 Å². The fourth-order valence-electron chi connectivity index (χ4n) is 2.65. The average molecular weight is 262 g/mol. The van der Waals surface area contributed by atoms with Crippen LogP contribution in [0.4, 0.5) is 0 Å². The van der Waals surface area contributed by atoms with Gasteiger partial charge < -0.3 is 10.4 Å². The number of piperidine rings is 1. The van der Waals surface area contributed by atoms with Crippen LogP contribution in [0.15, 0.2) is 24.3 Å². The highest BCUT2D eigenvalue weighted by Gasteiger charge is 2.18. The lowest BCUT2D eigenvalue weighted by Gasteiger charge is -2.32. The topological polar surface area (TPSA) is 35.5 Å². The highest BCUT2D eigenvalue weighted by atomic mass is 16.3. The molecule has 0 radical (unpaired) electrons. The maximum atomic E-state index is 9.03. The molecule has 0 amide bonds. The summed E-state index contributed by atoms with van der Waals surface area (Å²) in [5, 5.41) is 12.6. The summed E-state index contributed by atoms with van der Waals surface area (Å²) in [5.41, 5.74) is 2.34. The predicted octanol–water partition coefficient (Wildman–Crippen LogP) is 2.14. The molecule has 1 heterocycles. The van der Waals surface area contributed by atoms with Crippen molar-refractivity contribution >= 4 is 0 Å². The van der Waals surface area contributed by atoms with Crippen molar-refractivity contribution < 1.29 is 5.11 Å². The van der Waals surface area contributed by atoms with Crippen molar-refractivity contribution in [1.82, 2.24) is 10.2 Å². The normalized spacial score (nSPS) is 17.8. The minimum absolute atomic E-state index is 0.134. The molecule has 3 nitrogen and oxygen atoms in total. The summed E-state index contributed by atoms with van der Waals surface area (Å²) in [5.74, 6) is 0. The standard InChI is InChI=1S/C16H26N2O/c1-2-9-17-16-7-10-18(11-8-16)12-14-3-5-15(13-19)6-4-14/h3-6,16-17,19H,2,7-13H2,1H3. The van der Waals surface area contributed by atoms with E-state index in [0.717, 1.165) is 18.7 Å². The zero-order valence-corrected chi connectivity index (χ0v) is 11.9. The second-order valence-corrected chi connectivity index (χ2v) is 5.48. The molecule has 1 aromatic rings. The molecule has 19 heavy (non-hydrogen) atoms. The third kappa shape index (κ3) is 4.60. The van der Waals surface area contributed by atoms with Crippen molar-refractivity contribution in [2.45, 2.75) is 45.4 Å². The molecule has 0 bridgehead atoms. The van der Waals surface area contributed by atoms with Gasteiger partial charge in [-0.25, -0.2) is 0 Å². The summed E-state index contributed by atoms with van der Waals surface area (Å²) in [6.45, 7) is 6.90. The van der Waals surface area contributed by atoms with E-state index in [0.29, 0.717) is 6.04 Å². The van der Waals surface area contributed by atoms with Gasteiger partial charge in [0.15, 0.2) is 0 Å². The van der Waals surface area contributed by atoms with Crippen molar-refractivity contribution in [3.63, 3.8) is 0 Å². The summed E-state index contributed by atoms with van der Waals surface area (Å²) in [4.78, 5) is 2.53. The first-order valence-corrected chi connectivity index (χ1v) is 7.46. The van der Waals surface area contributed by atoms with Gasteiger partial charge in [-0.1, -0.05) is 31.2 Å². The summed E-state index contributed by atoms with van der Waals surface area (Å²) in [6.07, 6.45) is 3.74. The Morgan fingerprint density at radius 1 is 1.16 bits per heavy atom. The maximum Gasteiger partial charge on any atom is 0.0681 e. The van der Waals surface area contributed by atoms with Gasteiger partial charge in [0.2, 0.25) is 0 Å². The summed E-state index contributed by atoms with van der Waals surface area (Å²) >= 11 is 0. The largest absolute Gasteiger partial charge is 0.392 e. The monoisotopic (exact) mass is 262 g/mol. The highest BCUT2D eigenvalue weighted by Crippen LogP contribution is 2.14. The van der Waals surface area contributed by atoms with E-state index in [4.69, 9.17) is 5.11 Å². The summed E-state index contributed by atoms with van der Waals surface area (Å²) < 4.78 is 0. The molecule has 3 heteroatoms. The minimum atomic E-state index is 0.134. The van der Waals surface area contributed by atoms with Crippen molar-refractivity contribution in [2.24, 2.45) is 0 Å². The van der Waals surface area contributed by atoms with Gasteiger partial charge in [0, 0.05) is 12.6 Å². The third-order valence-corrected chi connectivity index (χ3v) is 3.88. The van der Waals surface area contributed by atoms with Crippen molar-refractivity contribution in [3.05, 3.63) is 35.4 Å². The van der Waals surface area contributed by atoms with Crippen LogP contribution in [0, 0.1) is 0 Å². The number of rotatable bonds is 6. The van der Waals surface area contributed by atoms with E-state index in [-0.39, 0.29) is 6.61 Å². The molecule has 0 spiro atoms. The van der Waals surface area contributed by atoms with Crippen LogP contribution in [-0.4, -0.2) is 35.7 Å². The number of likely N-dealkylation sites (tertiary alicyclic amines) is 1. The highest BCUT2D eigenvalue weighted by molar-refractivity contribution is 5.21. The zero-order valence-electron chi connectivity index (χ0n) is 11.9. The Kier molecular flexibility index (Phi) is 5.83. The van der Waals surface area contributed by atoms with Crippen LogP contribution in [0.25, 0.3) is 0 Å². The van der Waals surface area contributed by atoms with Gasteiger partial charge in [0.05, 0.1) is 6.61 Å². The average Bonchev–Trinajstić information content (AvgIpc) is 2.47. The van der Waals surface area contributed by atoms with E-state index in [1.54, 1.807) is 0 Å². The Balaban J connectivity index is 1.75. The molecule has 1 aliphatic heterocycles. The van der Waals surface area contributed by atoms with Crippen LogP contribution in [0.3, 0.4) is 0 Å². The Labute approximate surface area is 116 Å². The minimum Gasteiger partial charge on any atom is -0.392 e. The van der Waals surface area contributed by atoms with Crippen LogP contribution in [-0.2, 0) is 13.2 Å². The fraction of sp³-hybridized carbons (Fsp3) is 0.625. The summed E-state index contributed by atoms with van der Waals surface area (Å²) in [7, 11) is 0. The lowest BCUT2D eigenvalue weighted by atomic mass is 10.0. The van der Waals surface area contributed by atoms with Gasteiger partial charge in [-0.3, -0.25) is 4.90 Å². The van der Waals surface area contributed by atoms with Crippen LogP contribution in [0.1, 0.15) is 37.3 Å². The number of hydrogen-bond donors (Lipinski definition) is 2. The number of nitrogens with zero attached hydrogens (tertiary/aromatic N) is 1. The van der Waals surface area contributed by atoms with Crippen LogP contribution < -0.4 is 5.32 Å². The number of aliphatic hydroxyl groups is 1. The molecule has 2 rings (SSSR count). The van der Waals surface area contributed by atoms with Gasteiger partial charge >= 0.3 is 0 Å². The van der Waals surface area contributed by atoms with E-state index in [1.165, 1.54) is 37.9 Å². The molecule has 1 aliphatic rings. The number of hydrogen-bond acceptors (Lipinski definition) is 3. The van der Waals surface area contributed by atoms with E-state index in [9.17, 15) is 0 Å². The molecule has 0 aliphatic carbocycles. The summed E-state index contributed by atoms with van der Waals surface area (Å²) in [6, 6.07) is 9.02. The van der Waals surface area contributed by atoms with Crippen molar-refractivity contribution in [3.8, 4) is 0 Å². The Hall–Kier alpha value is -0.900.